The first-order valence-electron chi connectivity index (χ1n) is 16.2. The molecule has 1 aromatic heterocycles. The van der Waals surface area contributed by atoms with Gasteiger partial charge in [-0.2, -0.15) is 5.01 Å². The largest absolute Gasteiger partial charge is 0.333 e. The third kappa shape index (κ3) is 3.60. The van der Waals surface area contributed by atoms with Gasteiger partial charge in [0.25, 0.3) is 0 Å². The molecule has 6 atom stereocenters. The summed E-state index contributed by atoms with van der Waals surface area (Å²) >= 11 is 1.99. The summed E-state index contributed by atoms with van der Waals surface area (Å²) in [4.78, 5) is 6.61. The van der Waals surface area contributed by atoms with Gasteiger partial charge in [0.15, 0.2) is 0 Å². The topological polar surface area (TPSA) is 12.5 Å². The molecule has 0 saturated carbocycles. The summed E-state index contributed by atoms with van der Waals surface area (Å²) in [6.07, 6.45) is 5.04. The fourth-order valence-corrected chi connectivity index (χ4v) is 9.99. The van der Waals surface area contributed by atoms with Gasteiger partial charge in [0.05, 0.1) is 12.7 Å². The molecule has 0 amide bonds. The maximum absolute atomic E-state index is 2.59. The molecule has 3 aliphatic heterocycles. The Morgan fingerprint density at radius 1 is 0.783 bits per heavy atom. The molecule has 0 N–H and O–H groups in total. The van der Waals surface area contributed by atoms with Crippen molar-refractivity contribution < 1.29 is 0 Å². The van der Waals surface area contributed by atoms with E-state index in [9.17, 15) is 0 Å². The van der Waals surface area contributed by atoms with E-state index in [0.717, 1.165) is 6.67 Å². The Balaban J connectivity index is 1.12. The maximum atomic E-state index is 2.59. The summed E-state index contributed by atoms with van der Waals surface area (Å²) in [5.41, 5.74) is 10.5. The van der Waals surface area contributed by atoms with Crippen LogP contribution in [0, 0.1) is 0 Å². The van der Waals surface area contributed by atoms with Crippen molar-refractivity contribution in [2.24, 2.45) is 0 Å². The summed E-state index contributed by atoms with van der Waals surface area (Å²) in [6.45, 7) is 3.33. The lowest BCUT2D eigenvalue weighted by Gasteiger charge is -2.37. The van der Waals surface area contributed by atoms with Gasteiger partial charge in [0.2, 0.25) is 0 Å². The molecule has 4 aliphatic rings. The van der Waals surface area contributed by atoms with Gasteiger partial charge < -0.3 is 4.90 Å². The highest BCUT2D eigenvalue weighted by Crippen LogP contribution is 2.58. The van der Waals surface area contributed by atoms with Crippen molar-refractivity contribution in [2.45, 2.75) is 30.7 Å². The van der Waals surface area contributed by atoms with Crippen molar-refractivity contribution >= 4 is 38.9 Å². The molecule has 5 aromatic carbocycles. The molecule has 0 radical (unpaired) electrons. The minimum atomic E-state index is -0.177. The Morgan fingerprint density at radius 2 is 1.52 bits per heavy atom. The third-order valence-electron chi connectivity index (χ3n) is 10.9. The van der Waals surface area contributed by atoms with E-state index in [1.165, 1.54) is 59.7 Å². The van der Waals surface area contributed by atoms with E-state index in [1.807, 2.05) is 11.3 Å². The molecule has 6 unspecified atom stereocenters. The first-order chi connectivity index (χ1) is 22.6. The van der Waals surface area contributed by atoms with Gasteiger partial charge in [0, 0.05) is 32.3 Å². The highest BCUT2D eigenvalue weighted by Gasteiger charge is 2.62. The summed E-state index contributed by atoms with van der Waals surface area (Å²) < 4.78 is 1.38. The summed E-state index contributed by atoms with van der Waals surface area (Å²) in [5, 5.41) is 6.38. The molecule has 0 spiro atoms. The second-order valence-corrected chi connectivity index (χ2v) is 14.2. The predicted octanol–water partition coefficient (Wildman–Crippen LogP) is 9.55. The molecule has 10 rings (SSSR count). The Hall–Kier alpha value is -4.52. The molecular weight excluding hydrogens is 581 g/mol. The van der Waals surface area contributed by atoms with Crippen LogP contribution in [0.2, 0.25) is 0 Å². The van der Waals surface area contributed by atoms with E-state index < -0.39 is 0 Å². The Bertz CT molecular complexity index is 2160. The van der Waals surface area contributed by atoms with Crippen molar-refractivity contribution in [2.75, 3.05) is 18.6 Å². The zero-order chi connectivity index (χ0) is 30.6. The maximum Gasteiger partial charge on any atom is 0.113 e. The van der Waals surface area contributed by atoms with Crippen molar-refractivity contribution in [3.05, 3.63) is 161 Å². The fourth-order valence-electron chi connectivity index (χ4n) is 8.51. The van der Waals surface area contributed by atoms with Crippen LogP contribution in [-0.2, 0) is 5.66 Å². The van der Waals surface area contributed by atoms with Crippen LogP contribution in [0.4, 0.5) is 11.4 Å². The van der Waals surface area contributed by atoms with E-state index in [-0.39, 0.29) is 23.8 Å². The molecule has 2 saturated heterocycles. The minimum absolute atomic E-state index is 0.177. The molecule has 4 nitrogen and oxygen atoms in total. The van der Waals surface area contributed by atoms with Gasteiger partial charge in [-0.15, -0.1) is 11.3 Å². The first-order valence-corrected chi connectivity index (χ1v) is 17.0. The number of fused-ring (bicyclic) bond motifs is 8. The number of rotatable bonds is 4. The minimum Gasteiger partial charge on any atom is -0.333 e. The molecule has 5 heteroatoms. The number of hydrogen-bond acceptors (Lipinski definition) is 5. The van der Waals surface area contributed by atoms with Crippen molar-refractivity contribution in [1.82, 2.24) is 14.9 Å². The first kappa shape index (κ1) is 26.7. The van der Waals surface area contributed by atoms with Crippen LogP contribution >= 0.6 is 11.3 Å². The highest BCUT2D eigenvalue weighted by atomic mass is 32.1. The van der Waals surface area contributed by atoms with Gasteiger partial charge in [-0.1, -0.05) is 121 Å². The Kier molecular flexibility index (Phi) is 5.65. The van der Waals surface area contributed by atoms with Crippen LogP contribution in [0.15, 0.2) is 133 Å². The lowest BCUT2D eigenvalue weighted by Crippen LogP contribution is -2.44. The average molecular weight is 615 g/mol. The van der Waals surface area contributed by atoms with Crippen LogP contribution in [-0.4, -0.2) is 34.7 Å². The van der Waals surface area contributed by atoms with Crippen LogP contribution < -0.4 is 4.90 Å². The van der Waals surface area contributed by atoms with Crippen LogP contribution in [0.3, 0.4) is 0 Å². The molecule has 2 fully saturated rings. The van der Waals surface area contributed by atoms with E-state index in [0.29, 0.717) is 0 Å². The number of benzene rings is 5. The number of thiophene rings is 1. The zero-order valence-electron chi connectivity index (χ0n) is 25.9. The number of hydrogen-bond donors (Lipinski definition) is 0. The monoisotopic (exact) mass is 614 g/mol. The van der Waals surface area contributed by atoms with Gasteiger partial charge in [0.1, 0.15) is 11.8 Å². The number of nitrogens with zero attached hydrogens (tertiary/aromatic N) is 4. The van der Waals surface area contributed by atoms with Crippen LogP contribution in [0.5, 0.6) is 0 Å². The van der Waals surface area contributed by atoms with Gasteiger partial charge in [-0.25, -0.2) is 5.01 Å². The SMILES string of the molecule is CN1C(c2ccc3c(c2)N(c2ccccc2)C2C=Cc4c(sc5c(-c6ccccc6)cccc45)C32)N2CN2C1(C)c1ccccc1. The highest BCUT2D eigenvalue weighted by molar-refractivity contribution is 7.20. The summed E-state index contributed by atoms with van der Waals surface area (Å²) in [6, 6.07) is 47.1. The average Bonchev–Trinajstić information content (AvgIpc) is 3.62. The third-order valence-corrected chi connectivity index (χ3v) is 12.2. The Morgan fingerprint density at radius 3 is 2.30 bits per heavy atom. The lowest BCUT2D eigenvalue weighted by atomic mass is 9.85. The summed E-state index contributed by atoms with van der Waals surface area (Å²) in [5.74, 6) is 0.277. The van der Waals surface area contributed by atoms with E-state index in [4.69, 9.17) is 0 Å². The lowest BCUT2D eigenvalue weighted by molar-refractivity contribution is 0.0642. The van der Waals surface area contributed by atoms with Crippen molar-refractivity contribution in [3.8, 4) is 11.1 Å². The molecule has 0 bridgehead atoms. The second kappa shape index (κ2) is 9.74. The normalized spacial score (nSPS) is 27.3. The molecular formula is C41H34N4S. The molecule has 1 aliphatic carbocycles. The van der Waals surface area contributed by atoms with Crippen LogP contribution in [0.25, 0.3) is 27.3 Å². The van der Waals surface area contributed by atoms with Crippen LogP contribution in [0.1, 0.15) is 46.1 Å². The Labute approximate surface area is 274 Å². The summed E-state index contributed by atoms with van der Waals surface area (Å²) in [7, 11) is 2.28. The smallest absolute Gasteiger partial charge is 0.113 e. The van der Waals surface area contributed by atoms with Crippen molar-refractivity contribution in [1.29, 1.82) is 0 Å². The van der Waals surface area contributed by atoms with Gasteiger partial charge in [-0.3, -0.25) is 4.90 Å². The number of anilines is 2. The number of hydrazine groups is 1. The van der Waals surface area contributed by atoms with Crippen molar-refractivity contribution in [3.63, 3.8) is 0 Å². The van der Waals surface area contributed by atoms with E-state index in [1.54, 1.807) is 0 Å². The second-order valence-electron chi connectivity index (χ2n) is 13.1. The molecule has 4 heterocycles. The predicted molar refractivity (Wildman–Crippen MR) is 190 cm³/mol. The number of para-hydroxylation sites is 1. The van der Waals surface area contributed by atoms with Gasteiger partial charge >= 0.3 is 0 Å². The zero-order valence-corrected chi connectivity index (χ0v) is 26.7. The van der Waals surface area contributed by atoms with E-state index in [2.05, 4.69) is 173 Å². The fraction of sp³-hybridized carbons (Fsp3) is 0.171. The molecule has 224 valence electrons. The quantitative estimate of drug-likeness (QED) is 0.183. The van der Waals surface area contributed by atoms with Gasteiger partial charge in [-0.05, 0) is 65.6 Å². The molecule has 46 heavy (non-hydrogen) atoms. The van der Waals surface area contributed by atoms with E-state index >= 15 is 0 Å². The standard InChI is InChI=1S/C41H34N4S/c1-41(29-15-8-4-9-16-29)42(2)40(43-26-44(41)43)28-21-22-34-36(25-28)45(30-17-10-5-11-18-30)35-24-23-33-32-20-12-19-31(27-13-6-3-7-14-27)38(32)46-39(33)37(34)35/h3-25,35,37,40H,26H2,1-2H3. The molecule has 6 aromatic rings.